The zero-order valence-electron chi connectivity index (χ0n) is 7.07. The SMILES string of the molecule is CCC(NC(C)=O)C(O)C(=O)O. The number of carboxylic acid groups (broad SMARTS) is 1. The van der Waals surface area contributed by atoms with E-state index in [1.807, 2.05) is 0 Å². The van der Waals surface area contributed by atoms with Gasteiger partial charge in [-0.1, -0.05) is 6.92 Å². The summed E-state index contributed by atoms with van der Waals surface area (Å²) in [5.74, 6) is -1.67. The lowest BCUT2D eigenvalue weighted by Crippen LogP contribution is -2.45. The largest absolute Gasteiger partial charge is 0.479 e. The monoisotopic (exact) mass is 175 g/mol. The summed E-state index contributed by atoms with van der Waals surface area (Å²) < 4.78 is 0. The Kier molecular flexibility index (Phi) is 4.28. The molecule has 0 radical (unpaired) electrons. The van der Waals surface area contributed by atoms with Gasteiger partial charge in [-0.15, -0.1) is 0 Å². The molecule has 0 bridgehead atoms. The maximum atomic E-state index is 10.5. The normalized spacial score (nSPS) is 14.9. The lowest BCUT2D eigenvalue weighted by atomic mass is 10.1. The van der Waals surface area contributed by atoms with Crippen LogP contribution in [0.25, 0.3) is 0 Å². The van der Waals surface area contributed by atoms with Crippen molar-refractivity contribution in [3.8, 4) is 0 Å². The van der Waals surface area contributed by atoms with Crippen molar-refractivity contribution < 1.29 is 19.8 Å². The second kappa shape index (κ2) is 4.71. The number of carbonyl (C=O) groups is 2. The van der Waals surface area contributed by atoms with E-state index in [4.69, 9.17) is 10.2 Å². The molecule has 0 saturated heterocycles. The molecule has 0 saturated carbocycles. The van der Waals surface area contributed by atoms with Gasteiger partial charge in [-0.2, -0.15) is 0 Å². The summed E-state index contributed by atoms with van der Waals surface area (Å²) in [5, 5.41) is 19.8. The molecule has 0 rings (SSSR count). The molecule has 0 spiro atoms. The van der Waals surface area contributed by atoms with Crippen molar-refractivity contribution in [1.29, 1.82) is 0 Å². The quantitative estimate of drug-likeness (QED) is 0.529. The van der Waals surface area contributed by atoms with E-state index in [2.05, 4.69) is 5.32 Å². The maximum absolute atomic E-state index is 10.5. The molecule has 0 aromatic heterocycles. The third kappa shape index (κ3) is 3.34. The Hall–Kier alpha value is -1.10. The first-order chi connectivity index (χ1) is 5.49. The number of aliphatic hydroxyl groups excluding tert-OH is 1. The highest BCUT2D eigenvalue weighted by Gasteiger charge is 2.24. The van der Waals surface area contributed by atoms with Crippen molar-refractivity contribution in [3.63, 3.8) is 0 Å². The molecule has 0 heterocycles. The van der Waals surface area contributed by atoms with Gasteiger partial charge in [0.2, 0.25) is 5.91 Å². The van der Waals surface area contributed by atoms with Crippen LogP contribution in [0, 0.1) is 0 Å². The Morgan fingerprint density at radius 2 is 2.00 bits per heavy atom. The van der Waals surface area contributed by atoms with Gasteiger partial charge in [-0.05, 0) is 6.42 Å². The molecule has 3 N–H and O–H groups in total. The molecule has 12 heavy (non-hydrogen) atoms. The molecule has 0 aromatic carbocycles. The standard InChI is InChI=1S/C7H13NO4/c1-3-5(8-4(2)9)6(10)7(11)12/h5-6,10H,3H2,1-2H3,(H,8,9)(H,11,12). The smallest absolute Gasteiger partial charge is 0.334 e. The third-order valence-electron chi connectivity index (χ3n) is 1.46. The fourth-order valence-corrected chi connectivity index (χ4v) is 0.837. The van der Waals surface area contributed by atoms with Crippen LogP contribution in [0.1, 0.15) is 20.3 Å². The van der Waals surface area contributed by atoms with Crippen molar-refractivity contribution in [2.75, 3.05) is 0 Å². The molecule has 0 aliphatic heterocycles. The van der Waals surface area contributed by atoms with Gasteiger partial charge in [0.15, 0.2) is 6.10 Å². The predicted octanol–water partition coefficient (Wildman–Crippen LogP) is -0.653. The maximum Gasteiger partial charge on any atom is 0.334 e. The topological polar surface area (TPSA) is 86.6 Å². The third-order valence-corrected chi connectivity index (χ3v) is 1.46. The molecule has 5 nitrogen and oxygen atoms in total. The Labute approximate surface area is 70.4 Å². The van der Waals surface area contributed by atoms with E-state index in [0.717, 1.165) is 0 Å². The van der Waals surface area contributed by atoms with E-state index in [9.17, 15) is 9.59 Å². The number of aliphatic hydroxyl groups is 1. The summed E-state index contributed by atoms with van der Waals surface area (Å²) in [6, 6.07) is -0.708. The number of carboxylic acids is 1. The highest BCUT2D eigenvalue weighted by Crippen LogP contribution is 1.98. The fraction of sp³-hybridized carbons (Fsp3) is 0.714. The number of carbonyl (C=O) groups excluding carboxylic acids is 1. The van der Waals surface area contributed by atoms with E-state index < -0.39 is 18.1 Å². The van der Waals surface area contributed by atoms with Crippen LogP contribution in [0.3, 0.4) is 0 Å². The zero-order chi connectivity index (χ0) is 9.72. The van der Waals surface area contributed by atoms with Crippen LogP contribution in [-0.4, -0.2) is 34.2 Å². The Bertz CT molecular complexity index is 180. The first-order valence-corrected chi connectivity index (χ1v) is 3.67. The number of nitrogens with one attached hydrogen (secondary N) is 1. The van der Waals surface area contributed by atoms with Crippen LogP contribution in [-0.2, 0) is 9.59 Å². The van der Waals surface area contributed by atoms with E-state index >= 15 is 0 Å². The molecule has 0 aromatic rings. The van der Waals surface area contributed by atoms with Crippen molar-refractivity contribution in [2.45, 2.75) is 32.4 Å². The molecule has 2 unspecified atom stereocenters. The highest BCUT2D eigenvalue weighted by atomic mass is 16.4. The van der Waals surface area contributed by atoms with Gasteiger partial charge in [0.1, 0.15) is 0 Å². The van der Waals surface area contributed by atoms with E-state index in [-0.39, 0.29) is 5.91 Å². The number of amides is 1. The fourth-order valence-electron chi connectivity index (χ4n) is 0.837. The van der Waals surface area contributed by atoms with Crippen LogP contribution in [0.4, 0.5) is 0 Å². The Morgan fingerprint density at radius 1 is 1.50 bits per heavy atom. The summed E-state index contributed by atoms with van der Waals surface area (Å²) >= 11 is 0. The first kappa shape index (κ1) is 10.9. The van der Waals surface area contributed by atoms with E-state index in [1.165, 1.54) is 6.92 Å². The summed E-state index contributed by atoms with van der Waals surface area (Å²) in [5.41, 5.74) is 0. The molecule has 70 valence electrons. The molecule has 0 aliphatic carbocycles. The van der Waals surface area contributed by atoms with Crippen molar-refractivity contribution in [3.05, 3.63) is 0 Å². The number of aliphatic carboxylic acids is 1. The Morgan fingerprint density at radius 3 is 2.25 bits per heavy atom. The molecule has 0 aliphatic rings. The van der Waals surface area contributed by atoms with E-state index in [1.54, 1.807) is 6.92 Å². The van der Waals surface area contributed by atoms with Gasteiger partial charge < -0.3 is 15.5 Å². The second-order valence-electron chi connectivity index (χ2n) is 2.50. The molecule has 0 fully saturated rings. The van der Waals surface area contributed by atoms with Gasteiger partial charge in [-0.3, -0.25) is 4.79 Å². The first-order valence-electron chi connectivity index (χ1n) is 3.67. The van der Waals surface area contributed by atoms with Crippen LogP contribution in [0.5, 0.6) is 0 Å². The molecular formula is C7H13NO4. The average Bonchev–Trinajstić information content (AvgIpc) is 1.98. The van der Waals surface area contributed by atoms with Crippen LogP contribution in [0.15, 0.2) is 0 Å². The van der Waals surface area contributed by atoms with Gasteiger partial charge >= 0.3 is 5.97 Å². The molecular weight excluding hydrogens is 162 g/mol. The molecule has 5 heteroatoms. The van der Waals surface area contributed by atoms with Crippen LogP contribution in [0.2, 0.25) is 0 Å². The lowest BCUT2D eigenvalue weighted by Gasteiger charge is -2.18. The summed E-state index contributed by atoms with van der Waals surface area (Å²) in [6.07, 6.45) is -1.15. The number of hydrogen-bond acceptors (Lipinski definition) is 3. The minimum absolute atomic E-state index is 0.345. The van der Waals surface area contributed by atoms with Crippen LogP contribution >= 0.6 is 0 Å². The van der Waals surface area contributed by atoms with Gasteiger partial charge in [-0.25, -0.2) is 4.79 Å². The predicted molar refractivity (Wildman–Crippen MR) is 41.5 cm³/mol. The molecule has 1 amide bonds. The second-order valence-corrected chi connectivity index (χ2v) is 2.50. The van der Waals surface area contributed by atoms with Crippen LogP contribution < -0.4 is 5.32 Å². The minimum atomic E-state index is -1.53. The van der Waals surface area contributed by atoms with Crippen molar-refractivity contribution >= 4 is 11.9 Å². The van der Waals surface area contributed by atoms with E-state index in [0.29, 0.717) is 6.42 Å². The van der Waals surface area contributed by atoms with Gasteiger partial charge in [0, 0.05) is 6.92 Å². The average molecular weight is 175 g/mol. The number of hydrogen-bond donors (Lipinski definition) is 3. The van der Waals surface area contributed by atoms with Crippen molar-refractivity contribution in [1.82, 2.24) is 5.32 Å². The summed E-state index contributed by atoms with van der Waals surface area (Å²) in [4.78, 5) is 20.8. The summed E-state index contributed by atoms with van der Waals surface area (Å²) in [7, 11) is 0. The lowest BCUT2D eigenvalue weighted by molar-refractivity contribution is -0.148. The number of rotatable bonds is 4. The summed E-state index contributed by atoms with van der Waals surface area (Å²) in [6.45, 7) is 2.96. The highest BCUT2D eigenvalue weighted by molar-refractivity contribution is 5.77. The molecule has 2 atom stereocenters. The minimum Gasteiger partial charge on any atom is -0.479 e. The van der Waals surface area contributed by atoms with Gasteiger partial charge in [0.05, 0.1) is 6.04 Å². The van der Waals surface area contributed by atoms with Gasteiger partial charge in [0.25, 0.3) is 0 Å². The van der Waals surface area contributed by atoms with Crippen molar-refractivity contribution in [2.24, 2.45) is 0 Å². The zero-order valence-corrected chi connectivity index (χ0v) is 7.07. The Balaban J connectivity index is 4.14.